The second-order valence-electron chi connectivity index (χ2n) is 18.5. The molecule has 306 valence electrons. The number of anilines is 6. The summed E-state index contributed by atoms with van der Waals surface area (Å²) in [5.41, 5.74) is 19.3. The fraction of sp³-hybridized carbons (Fsp3) is 0.0968. The van der Waals surface area contributed by atoms with Crippen LogP contribution in [0.25, 0.3) is 54.9 Å². The predicted octanol–water partition coefficient (Wildman–Crippen LogP) is 17.2. The Hall–Kier alpha value is -7.68. The van der Waals surface area contributed by atoms with Crippen molar-refractivity contribution in [3.05, 3.63) is 241 Å². The van der Waals surface area contributed by atoms with Crippen molar-refractivity contribution < 1.29 is 0 Å². The lowest BCUT2D eigenvalue weighted by Gasteiger charge is -2.43. The fourth-order valence-electron chi connectivity index (χ4n) is 11.0. The van der Waals surface area contributed by atoms with Crippen LogP contribution >= 0.6 is 0 Å². The highest BCUT2D eigenvalue weighted by Crippen LogP contribution is 2.57. The van der Waals surface area contributed by atoms with Crippen molar-refractivity contribution in [1.82, 2.24) is 0 Å². The van der Waals surface area contributed by atoms with E-state index in [1.54, 1.807) is 0 Å². The molecular formula is C62H48N2. The van der Waals surface area contributed by atoms with E-state index < -0.39 is 0 Å². The minimum absolute atomic E-state index is 0.137. The summed E-state index contributed by atoms with van der Waals surface area (Å²) < 4.78 is 0. The molecule has 64 heavy (non-hydrogen) atoms. The summed E-state index contributed by atoms with van der Waals surface area (Å²) in [7, 11) is 0. The van der Waals surface area contributed by atoms with E-state index in [4.69, 9.17) is 0 Å². The number of para-hydroxylation sites is 1. The molecule has 0 unspecified atom stereocenters. The summed E-state index contributed by atoms with van der Waals surface area (Å²) in [6, 6.07) is 81.0. The highest BCUT2D eigenvalue weighted by Gasteiger charge is 2.40. The van der Waals surface area contributed by atoms with Crippen LogP contribution in [0.2, 0.25) is 0 Å². The number of nitrogens with zero attached hydrogens (tertiary/aromatic N) is 2. The van der Waals surface area contributed by atoms with Gasteiger partial charge in [-0.15, -0.1) is 0 Å². The Balaban J connectivity index is 1.10. The van der Waals surface area contributed by atoms with Crippen molar-refractivity contribution in [3.8, 4) is 33.4 Å². The first-order valence-corrected chi connectivity index (χ1v) is 22.5. The van der Waals surface area contributed by atoms with E-state index in [0.717, 1.165) is 17.1 Å². The minimum Gasteiger partial charge on any atom is -0.310 e. The van der Waals surface area contributed by atoms with E-state index >= 15 is 0 Å². The van der Waals surface area contributed by atoms with Gasteiger partial charge in [0.2, 0.25) is 0 Å². The second-order valence-corrected chi connectivity index (χ2v) is 18.5. The highest BCUT2D eigenvalue weighted by molar-refractivity contribution is 6.11. The maximum Gasteiger partial charge on any atom is 0.0618 e. The van der Waals surface area contributed by atoms with Crippen LogP contribution in [0.3, 0.4) is 0 Å². The van der Waals surface area contributed by atoms with Gasteiger partial charge in [0.05, 0.1) is 17.1 Å². The zero-order valence-electron chi connectivity index (χ0n) is 36.7. The first-order chi connectivity index (χ1) is 31.3. The Morgan fingerprint density at radius 1 is 0.328 bits per heavy atom. The summed E-state index contributed by atoms with van der Waals surface area (Å²) in [6.45, 7) is 9.54. The van der Waals surface area contributed by atoms with Crippen molar-refractivity contribution in [2.24, 2.45) is 0 Å². The Bertz CT molecular complexity index is 3460. The Morgan fingerprint density at radius 3 is 1.69 bits per heavy atom. The number of hydrogen-bond acceptors (Lipinski definition) is 2. The van der Waals surface area contributed by atoms with Crippen LogP contribution in [0.4, 0.5) is 34.1 Å². The van der Waals surface area contributed by atoms with Crippen LogP contribution in [0, 0.1) is 0 Å². The summed E-state index contributed by atoms with van der Waals surface area (Å²) in [5, 5.41) is 4.92. The number of fused-ring (bicyclic) bond motifs is 7. The quantitative estimate of drug-likeness (QED) is 0.165. The molecule has 10 aromatic carbocycles. The molecular weight excluding hydrogens is 773 g/mol. The third-order valence-electron chi connectivity index (χ3n) is 14.2. The normalized spacial score (nSPS) is 14.2. The number of benzene rings is 10. The Kier molecular flexibility index (Phi) is 8.58. The predicted molar refractivity (Wildman–Crippen MR) is 271 cm³/mol. The lowest BCUT2D eigenvalue weighted by Crippen LogP contribution is -2.31. The first-order valence-electron chi connectivity index (χ1n) is 22.5. The van der Waals surface area contributed by atoms with Crippen molar-refractivity contribution in [2.45, 2.75) is 38.5 Å². The third-order valence-corrected chi connectivity index (χ3v) is 14.2. The zero-order chi connectivity index (χ0) is 43.2. The Morgan fingerprint density at radius 2 is 0.859 bits per heavy atom. The summed E-state index contributed by atoms with van der Waals surface area (Å²) in [6.07, 6.45) is 0. The van der Waals surface area contributed by atoms with Crippen LogP contribution < -0.4 is 9.80 Å². The van der Waals surface area contributed by atoms with Crippen LogP contribution in [0.15, 0.2) is 218 Å². The highest BCUT2D eigenvalue weighted by atomic mass is 15.2. The topological polar surface area (TPSA) is 6.48 Å². The van der Waals surface area contributed by atoms with Gasteiger partial charge in [-0.3, -0.25) is 0 Å². The van der Waals surface area contributed by atoms with E-state index in [1.807, 2.05) is 0 Å². The molecule has 0 spiro atoms. The van der Waals surface area contributed by atoms with Crippen LogP contribution in [0.5, 0.6) is 0 Å². The van der Waals surface area contributed by atoms with E-state index in [-0.39, 0.29) is 10.8 Å². The van der Waals surface area contributed by atoms with Gasteiger partial charge >= 0.3 is 0 Å². The fourth-order valence-corrected chi connectivity index (χ4v) is 11.0. The van der Waals surface area contributed by atoms with Gasteiger partial charge in [-0.05, 0) is 115 Å². The molecule has 12 rings (SSSR count). The number of rotatable bonds is 6. The molecule has 2 nitrogen and oxygen atoms in total. The minimum atomic E-state index is -0.318. The van der Waals surface area contributed by atoms with Crippen molar-refractivity contribution in [2.75, 3.05) is 9.80 Å². The smallest absolute Gasteiger partial charge is 0.0618 e. The first kappa shape index (κ1) is 38.0. The second kappa shape index (κ2) is 14.4. The van der Waals surface area contributed by atoms with Crippen LogP contribution in [0.1, 0.15) is 49.9 Å². The van der Waals surface area contributed by atoms with E-state index in [2.05, 4.69) is 256 Å². The standard InChI is InChI=1S/C62H48N2/c1-61(2)54-29-13-12-27-51(54)52-36-33-46(39-56(52)61)63(45-24-16-23-44(38-45)41-18-6-5-7-19-41)47-34-37-59-57(40-47)62(3,4)55-30-14-15-31-58(55)64(59)60-49-26-11-9-21-43(49)32-35-53(60)50-28-17-22-42-20-8-10-25-48(42)50/h5-40H,1-4H3. The molecule has 2 heteroatoms. The van der Waals surface area contributed by atoms with Gasteiger partial charge in [0, 0.05) is 38.8 Å². The molecule has 0 aromatic heterocycles. The summed E-state index contributed by atoms with van der Waals surface area (Å²) in [4.78, 5) is 5.04. The molecule has 0 amide bonds. The molecule has 2 aliphatic rings. The maximum atomic E-state index is 2.56. The molecule has 1 aliphatic heterocycles. The lowest BCUT2D eigenvalue weighted by molar-refractivity contribution is 0.632. The van der Waals surface area contributed by atoms with Gasteiger partial charge < -0.3 is 9.80 Å². The van der Waals surface area contributed by atoms with Crippen molar-refractivity contribution in [3.63, 3.8) is 0 Å². The molecule has 0 atom stereocenters. The largest absolute Gasteiger partial charge is 0.310 e. The van der Waals surface area contributed by atoms with Gasteiger partial charge in [-0.1, -0.05) is 198 Å². The molecule has 1 aliphatic carbocycles. The number of hydrogen-bond donors (Lipinski definition) is 0. The molecule has 0 radical (unpaired) electrons. The van der Waals surface area contributed by atoms with E-state index in [0.29, 0.717) is 0 Å². The molecule has 0 saturated carbocycles. The van der Waals surface area contributed by atoms with E-state index in [1.165, 1.54) is 94.2 Å². The van der Waals surface area contributed by atoms with Crippen molar-refractivity contribution >= 4 is 55.7 Å². The zero-order valence-corrected chi connectivity index (χ0v) is 36.7. The third kappa shape index (κ3) is 5.79. The van der Waals surface area contributed by atoms with E-state index in [9.17, 15) is 0 Å². The van der Waals surface area contributed by atoms with Crippen molar-refractivity contribution in [1.29, 1.82) is 0 Å². The lowest BCUT2D eigenvalue weighted by atomic mass is 9.73. The maximum absolute atomic E-state index is 2.56. The SMILES string of the molecule is CC1(C)c2ccccc2-c2ccc(N(c3cccc(-c4ccccc4)c3)c3ccc4c(c3)C(C)(C)c3ccccc3N4c3c(-c4cccc5ccccc45)ccc4ccccc34)cc21. The molecule has 0 bridgehead atoms. The van der Waals surface area contributed by atoms with Gasteiger partial charge in [-0.2, -0.15) is 0 Å². The monoisotopic (exact) mass is 820 g/mol. The molecule has 0 fully saturated rings. The average molecular weight is 821 g/mol. The summed E-state index contributed by atoms with van der Waals surface area (Å²) >= 11 is 0. The van der Waals surface area contributed by atoms with Crippen LogP contribution in [-0.2, 0) is 10.8 Å². The molecule has 10 aromatic rings. The van der Waals surface area contributed by atoms with Gasteiger partial charge in [-0.25, -0.2) is 0 Å². The average Bonchev–Trinajstić information content (AvgIpc) is 3.57. The van der Waals surface area contributed by atoms with Gasteiger partial charge in [0.15, 0.2) is 0 Å². The molecule has 0 saturated heterocycles. The molecule has 0 N–H and O–H groups in total. The van der Waals surface area contributed by atoms with Gasteiger partial charge in [0.1, 0.15) is 0 Å². The van der Waals surface area contributed by atoms with Crippen LogP contribution in [-0.4, -0.2) is 0 Å². The summed E-state index contributed by atoms with van der Waals surface area (Å²) in [5.74, 6) is 0. The molecule has 1 heterocycles. The Labute approximate surface area is 376 Å². The van der Waals surface area contributed by atoms with Gasteiger partial charge in [0.25, 0.3) is 0 Å².